The van der Waals surface area contributed by atoms with Gasteiger partial charge in [-0.2, -0.15) is 0 Å². The minimum absolute atomic E-state index is 0.00297. The summed E-state index contributed by atoms with van der Waals surface area (Å²) < 4.78 is 30.5. The van der Waals surface area contributed by atoms with Gasteiger partial charge in [-0.15, -0.1) is 0 Å². The summed E-state index contributed by atoms with van der Waals surface area (Å²) in [5, 5.41) is 11.6. The molecule has 10 rings (SSSR count). The van der Waals surface area contributed by atoms with Crippen molar-refractivity contribution in [3.8, 4) is 46.0 Å². The number of rotatable bonds is 3. The van der Waals surface area contributed by atoms with Gasteiger partial charge < -0.3 is 28.8 Å². The summed E-state index contributed by atoms with van der Waals surface area (Å²) in [5.74, 6) is 4.16. The van der Waals surface area contributed by atoms with E-state index >= 15 is 0 Å². The van der Waals surface area contributed by atoms with E-state index in [0.29, 0.717) is 34.5 Å². The Kier molecular flexibility index (Phi) is 7.71. The molecule has 6 aliphatic rings. The molecule has 8 bridgehead atoms. The third-order valence-corrected chi connectivity index (χ3v) is 9.66. The molecule has 0 aliphatic carbocycles. The van der Waals surface area contributed by atoms with E-state index in [-0.39, 0.29) is 17.8 Å². The molecule has 1 N–H and O–H groups in total. The van der Waals surface area contributed by atoms with Crippen LogP contribution >= 0.6 is 0 Å². The molecule has 8 nitrogen and oxygen atoms in total. The van der Waals surface area contributed by atoms with Gasteiger partial charge in [0.25, 0.3) is 0 Å². The van der Waals surface area contributed by atoms with Gasteiger partial charge in [0, 0.05) is 30.7 Å². The molecule has 0 aromatic heterocycles. The van der Waals surface area contributed by atoms with Crippen LogP contribution in [0.25, 0.3) is 0 Å². The maximum atomic E-state index is 11.6. The SMILES string of the molecule is COc1ccc2cc1Oc1ccc(cc1)CC1c3c(cc(OC)c(O)c3Oc3cc4c(cc3OC)C(C2)N(C)CC4)CCN1C. The van der Waals surface area contributed by atoms with Crippen LogP contribution in [0.2, 0.25) is 0 Å². The Balaban J connectivity index is 1.44. The van der Waals surface area contributed by atoms with Crippen LogP contribution in [-0.4, -0.2) is 63.4 Å². The maximum Gasteiger partial charge on any atom is 0.201 e. The van der Waals surface area contributed by atoms with Crippen molar-refractivity contribution in [2.24, 2.45) is 0 Å². The summed E-state index contributed by atoms with van der Waals surface area (Å²) in [5.41, 5.74) is 6.78. The smallest absolute Gasteiger partial charge is 0.201 e. The maximum absolute atomic E-state index is 11.6. The molecule has 0 saturated carbocycles. The average Bonchev–Trinajstić information content (AvgIpc) is 3.05. The van der Waals surface area contributed by atoms with Crippen molar-refractivity contribution < 1.29 is 28.8 Å². The van der Waals surface area contributed by atoms with Crippen molar-refractivity contribution in [3.05, 3.63) is 94.0 Å². The van der Waals surface area contributed by atoms with E-state index in [1.54, 1.807) is 21.3 Å². The Hall–Kier alpha value is -4.40. The second kappa shape index (κ2) is 11.8. The van der Waals surface area contributed by atoms with Gasteiger partial charge in [0.2, 0.25) is 5.75 Å². The van der Waals surface area contributed by atoms with Crippen LogP contribution in [0.15, 0.2) is 60.7 Å². The molecule has 45 heavy (non-hydrogen) atoms. The van der Waals surface area contributed by atoms with Gasteiger partial charge in [0.05, 0.1) is 21.3 Å². The van der Waals surface area contributed by atoms with E-state index in [2.05, 4.69) is 60.3 Å². The molecule has 6 aliphatic heterocycles. The number of hydrogen-bond acceptors (Lipinski definition) is 8. The summed E-state index contributed by atoms with van der Waals surface area (Å²) in [4.78, 5) is 4.72. The largest absolute Gasteiger partial charge is 0.502 e. The second-order valence-corrected chi connectivity index (χ2v) is 12.3. The molecule has 0 saturated heterocycles. The van der Waals surface area contributed by atoms with Gasteiger partial charge >= 0.3 is 0 Å². The van der Waals surface area contributed by atoms with Gasteiger partial charge in [-0.3, -0.25) is 9.80 Å². The Morgan fingerprint density at radius 3 is 2.04 bits per heavy atom. The Labute approximate surface area is 264 Å². The third kappa shape index (κ3) is 5.32. The summed E-state index contributed by atoms with van der Waals surface area (Å²) in [6.45, 7) is 1.78. The quantitative estimate of drug-likeness (QED) is 0.271. The lowest BCUT2D eigenvalue weighted by Crippen LogP contribution is -2.34. The molecule has 4 aromatic carbocycles. The first-order chi connectivity index (χ1) is 21.9. The highest BCUT2D eigenvalue weighted by atomic mass is 16.5. The standard InChI is InChI=1S/C37H40N2O6/c1-38-14-12-24-19-33-31(42-4)21-27(24)28(38)17-23-8-11-30(41-3)32(18-23)44-26-9-6-22(7-10-26)16-29-35-25(13-15-39(29)2)20-34(43-5)36(40)37(35)45-33/h6-11,18-21,28-29,40H,12-17H2,1-5H3. The van der Waals surface area contributed by atoms with Gasteiger partial charge in [0.15, 0.2) is 34.5 Å². The summed E-state index contributed by atoms with van der Waals surface area (Å²) in [6.07, 6.45) is 3.20. The van der Waals surface area contributed by atoms with Crippen LogP contribution in [0, 0.1) is 0 Å². The highest BCUT2D eigenvalue weighted by Gasteiger charge is 2.34. The Bertz CT molecular complexity index is 1740. The molecule has 2 unspecified atom stereocenters. The van der Waals surface area contributed by atoms with E-state index in [0.717, 1.165) is 66.8 Å². The summed E-state index contributed by atoms with van der Waals surface area (Å²) in [7, 11) is 9.21. The first-order valence-electron chi connectivity index (χ1n) is 15.5. The van der Waals surface area contributed by atoms with Crippen LogP contribution in [0.4, 0.5) is 0 Å². The predicted molar refractivity (Wildman–Crippen MR) is 173 cm³/mol. The van der Waals surface area contributed by atoms with Crippen LogP contribution in [-0.2, 0) is 25.7 Å². The molecule has 0 spiro atoms. The van der Waals surface area contributed by atoms with E-state index in [1.807, 2.05) is 24.3 Å². The number of aromatic hydroxyl groups is 1. The number of likely N-dealkylation sites (N-methyl/N-ethyl adjacent to an activating group) is 2. The van der Waals surface area contributed by atoms with Crippen molar-refractivity contribution in [1.82, 2.24) is 9.80 Å². The fourth-order valence-electron chi connectivity index (χ4n) is 7.10. The van der Waals surface area contributed by atoms with Crippen LogP contribution in [0.5, 0.6) is 46.0 Å². The lowest BCUT2D eigenvalue weighted by atomic mass is 9.87. The minimum atomic E-state index is -0.0344. The highest BCUT2D eigenvalue weighted by Crippen LogP contribution is 2.51. The van der Waals surface area contributed by atoms with Gasteiger partial charge in [-0.05, 0) is 110 Å². The van der Waals surface area contributed by atoms with Crippen LogP contribution in [0.1, 0.15) is 45.5 Å². The predicted octanol–water partition coefficient (Wildman–Crippen LogP) is 6.86. The number of methoxy groups -OCH3 is 3. The zero-order chi connectivity index (χ0) is 31.2. The minimum Gasteiger partial charge on any atom is -0.502 e. The zero-order valence-electron chi connectivity index (χ0n) is 26.6. The molecular formula is C37H40N2O6. The summed E-state index contributed by atoms with van der Waals surface area (Å²) >= 11 is 0. The molecule has 0 radical (unpaired) electrons. The van der Waals surface area contributed by atoms with E-state index in [9.17, 15) is 5.11 Å². The number of hydrogen-bond donors (Lipinski definition) is 1. The van der Waals surface area contributed by atoms with Crippen molar-refractivity contribution >= 4 is 0 Å². The van der Waals surface area contributed by atoms with Crippen molar-refractivity contribution in [2.45, 2.75) is 37.8 Å². The second-order valence-electron chi connectivity index (χ2n) is 12.3. The van der Waals surface area contributed by atoms with Crippen molar-refractivity contribution in [2.75, 3.05) is 48.5 Å². The number of phenolic OH excluding ortho intramolecular Hbond substituents is 1. The fraction of sp³-hybridized carbons (Fsp3) is 0.351. The van der Waals surface area contributed by atoms with Gasteiger partial charge in [-0.1, -0.05) is 18.2 Å². The lowest BCUT2D eigenvalue weighted by molar-refractivity contribution is 0.221. The van der Waals surface area contributed by atoms with Crippen LogP contribution in [0.3, 0.4) is 0 Å². The molecule has 2 atom stereocenters. The first kappa shape index (κ1) is 29.3. The molecule has 0 fully saturated rings. The van der Waals surface area contributed by atoms with Gasteiger partial charge in [0.1, 0.15) is 5.75 Å². The van der Waals surface area contributed by atoms with E-state index in [1.165, 1.54) is 11.1 Å². The average molecular weight is 609 g/mol. The first-order valence-corrected chi connectivity index (χ1v) is 15.5. The molecule has 0 amide bonds. The Morgan fingerprint density at radius 2 is 1.31 bits per heavy atom. The zero-order valence-corrected chi connectivity index (χ0v) is 26.6. The lowest BCUT2D eigenvalue weighted by Gasteiger charge is -2.37. The Morgan fingerprint density at radius 1 is 0.667 bits per heavy atom. The normalized spacial score (nSPS) is 19.4. The highest BCUT2D eigenvalue weighted by molar-refractivity contribution is 5.63. The fourth-order valence-corrected chi connectivity index (χ4v) is 7.10. The summed E-state index contributed by atoms with van der Waals surface area (Å²) in [6, 6.07) is 20.6. The van der Waals surface area contributed by atoms with E-state index in [4.69, 9.17) is 23.7 Å². The number of phenols is 1. The van der Waals surface area contributed by atoms with Crippen molar-refractivity contribution in [1.29, 1.82) is 0 Å². The van der Waals surface area contributed by atoms with E-state index < -0.39 is 0 Å². The molecule has 8 heteroatoms. The van der Waals surface area contributed by atoms with Crippen molar-refractivity contribution in [3.63, 3.8) is 0 Å². The monoisotopic (exact) mass is 608 g/mol. The molecule has 234 valence electrons. The number of ether oxygens (including phenoxy) is 5. The number of benzene rings is 4. The van der Waals surface area contributed by atoms with Crippen LogP contribution < -0.4 is 23.7 Å². The third-order valence-electron chi connectivity index (χ3n) is 9.66. The molecule has 6 heterocycles. The van der Waals surface area contributed by atoms with Gasteiger partial charge in [-0.25, -0.2) is 0 Å². The molecule has 4 aromatic rings. The topological polar surface area (TPSA) is 72.9 Å². The molecular weight excluding hydrogens is 568 g/mol. The number of nitrogens with zero attached hydrogens (tertiary/aromatic N) is 2.